The highest BCUT2D eigenvalue weighted by molar-refractivity contribution is 6.32. The van der Waals surface area contributed by atoms with Crippen molar-refractivity contribution in [2.45, 2.75) is 26.5 Å². The van der Waals surface area contributed by atoms with Gasteiger partial charge in [0.1, 0.15) is 18.7 Å². The third-order valence-corrected chi connectivity index (χ3v) is 5.61. The zero-order chi connectivity index (χ0) is 23.2. The monoisotopic (exact) mass is 458 g/mol. The molecule has 11 heteroatoms. The number of fused-ring (bicyclic) bond motifs is 2. The van der Waals surface area contributed by atoms with E-state index in [1.165, 1.54) is 28.6 Å². The van der Waals surface area contributed by atoms with Gasteiger partial charge < -0.3 is 13.7 Å². The number of esters is 1. The number of aryl methyl sites for hydroxylation is 3. The van der Waals surface area contributed by atoms with E-state index in [0.29, 0.717) is 28.0 Å². The van der Waals surface area contributed by atoms with E-state index in [1.54, 1.807) is 19.2 Å². The molecule has 32 heavy (non-hydrogen) atoms. The fraction of sp³-hybridized carbons (Fsp3) is 0.286. The van der Waals surface area contributed by atoms with E-state index in [-0.39, 0.29) is 17.8 Å². The topological polar surface area (TPSA) is 118 Å². The van der Waals surface area contributed by atoms with Crippen molar-refractivity contribution in [2.24, 2.45) is 14.1 Å². The lowest BCUT2D eigenvalue weighted by atomic mass is 10.1. The molecule has 0 saturated heterocycles. The number of carbonyl (C=O) groups is 1. The summed E-state index contributed by atoms with van der Waals surface area (Å²) in [7, 11) is 3.08. The number of rotatable bonds is 5. The Balaban J connectivity index is 1.63. The summed E-state index contributed by atoms with van der Waals surface area (Å²) in [5.74, 6) is -0.816. The minimum Gasteiger partial charge on any atom is -0.459 e. The second kappa shape index (κ2) is 8.12. The van der Waals surface area contributed by atoms with Gasteiger partial charge in [-0.1, -0.05) is 18.5 Å². The fourth-order valence-corrected chi connectivity index (χ4v) is 3.85. The molecule has 0 spiro atoms. The van der Waals surface area contributed by atoms with E-state index in [1.807, 2.05) is 6.92 Å². The Labute approximate surface area is 185 Å². The molecule has 0 aliphatic carbocycles. The normalized spacial score (nSPS) is 11.4. The fourth-order valence-electron chi connectivity index (χ4n) is 3.55. The summed E-state index contributed by atoms with van der Waals surface area (Å²) in [6.07, 6.45) is 2.07. The first-order chi connectivity index (χ1) is 15.2. The van der Waals surface area contributed by atoms with Crippen LogP contribution in [-0.4, -0.2) is 24.7 Å². The lowest BCUT2D eigenvalue weighted by Gasteiger charge is -2.11. The van der Waals surface area contributed by atoms with E-state index >= 15 is 0 Å². The molecule has 0 fully saturated rings. The Morgan fingerprint density at radius 3 is 2.62 bits per heavy atom. The third-order valence-electron chi connectivity index (χ3n) is 5.25. The molecule has 0 N–H and O–H groups in total. The molecule has 0 unspecified atom stereocenters. The minimum atomic E-state index is -0.816. The molecule has 3 heterocycles. The van der Waals surface area contributed by atoms with Gasteiger partial charge in [0, 0.05) is 36.1 Å². The molecule has 10 nitrogen and oxygen atoms in total. The molecule has 4 aromatic rings. The summed E-state index contributed by atoms with van der Waals surface area (Å²) >= 11 is 6.28. The SMILES string of the molecule is CCc1cc2oc(=O)cc(COC(=O)Cn3c(=O)c4c(ncn4C)n(C)c3=O)c2cc1Cl. The standard InChI is InChI=1S/C21H19ClN4O6/c1-4-11-5-15-13(7-14(11)22)12(6-16(27)32-15)9-31-17(28)8-26-20(29)18-19(23-10-24(18)2)25(3)21(26)30/h5-7,10H,4,8-9H2,1-3H3. The number of carbonyl (C=O) groups excluding carboxylic acids is 1. The average molecular weight is 459 g/mol. The summed E-state index contributed by atoms with van der Waals surface area (Å²) in [4.78, 5) is 53.7. The van der Waals surface area contributed by atoms with E-state index < -0.39 is 29.4 Å². The smallest absolute Gasteiger partial charge is 0.336 e. The predicted molar refractivity (Wildman–Crippen MR) is 117 cm³/mol. The predicted octanol–water partition coefficient (Wildman–Crippen LogP) is 1.50. The van der Waals surface area contributed by atoms with Gasteiger partial charge in [0.15, 0.2) is 11.2 Å². The third kappa shape index (κ3) is 3.62. The van der Waals surface area contributed by atoms with E-state index in [0.717, 1.165) is 10.1 Å². The maximum Gasteiger partial charge on any atom is 0.336 e. The van der Waals surface area contributed by atoms with Crippen molar-refractivity contribution in [2.75, 3.05) is 0 Å². The molecule has 0 aliphatic rings. The highest BCUT2D eigenvalue weighted by Gasteiger charge is 2.18. The minimum absolute atomic E-state index is 0.188. The zero-order valence-corrected chi connectivity index (χ0v) is 18.3. The van der Waals surface area contributed by atoms with Crippen molar-refractivity contribution in [3.63, 3.8) is 0 Å². The van der Waals surface area contributed by atoms with Gasteiger partial charge >= 0.3 is 17.3 Å². The van der Waals surface area contributed by atoms with Gasteiger partial charge in [-0.05, 0) is 24.1 Å². The first-order valence-electron chi connectivity index (χ1n) is 9.73. The highest BCUT2D eigenvalue weighted by Crippen LogP contribution is 2.26. The van der Waals surface area contributed by atoms with Gasteiger partial charge in [0.05, 0.1) is 6.33 Å². The number of benzene rings is 1. The molecule has 0 amide bonds. The number of hydrogen-bond acceptors (Lipinski definition) is 7. The van der Waals surface area contributed by atoms with Gasteiger partial charge in [0.25, 0.3) is 5.56 Å². The molecule has 4 rings (SSSR count). The van der Waals surface area contributed by atoms with Crippen molar-refractivity contribution >= 4 is 39.7 Å². The molecule has 1 aromatic carbocycles. The average Bonchev–Trinajstić information content (AvgIpc) is 3.15. The van der Waals surface area contributed by atoms with Gasteiger partial charge in [-0.25, -0.2) is 19.1 Å². The Morgan fingerprint density at radius 2 is 1.91 bits per heavy atom. The van der Waals surface area contributed by atoms with Crippen LogP contribution in [0.15, 0.2) is 43.3 Å². The number of ether oxygens (including phenoxy) is 1. The van der Waals surface area contributed by atoms with Crippen LogP contribution in [0.1, 0.15) is 18.1 Å². The Hall–Kier alpha value is -3.66. The maximum atomic E-state index is 12.7. The van der Waals surface area contributed by atoms with Crippen LogP contribution in [0.2, 0.25) is 5.02 Å². The lowest BCUT2D eigenvalue weighted by Crippen LogP contribution is -2.41. The van der Waals surface area contributed by atoms with Crippen LogP contribution in [0.25, 0.3) is 22.1 Å². The molecule has 0 aliphatic heterocycles. The Kier molecular flexibility index (Phi) is 5.47. The molecule has 166 valence electrons. The number of nitrogens with zero attached hydrogens (tertiary/aromatic N) is 4. The largest absolute Gasteiger partial charge is 0.459 e. The number of imidazole rings is 1. The number of hydrogen-bond donors (Lipinski definition) is 0. The molecule has 0 radical (unpaired) electrons. The summed E-state index contributed by atoms with van der Waals surface area (Å²) in [5.41, 5.74) is 0.0170. The summed E-state index contributed by atoms with van der Waals surface area (Å²) in [6, 6.07) is 4.54. The molecule has 0 saturated carbocycles. The van der Waals surface area contributed by atoms with Crippen LogP contribution in [0, 0.1) is 0 Å². The van der Waals surface area contributed by atoms with Crippen molar-refractivity contribution in [1.29, 1.82) is 0 Å². The molecular weight excluding hydrogens is 440 g/mol. The van der Waals surface area contributed by atoms with Gasteiger partial charge in [-0.15, -0.1) is 0 Å². The second-order valence-electron chi connectivity index (χ2n) is 7.31. The zero-order valence-electron chi connectivity index (χ0n) is 17.5. The van der Waals surface area contributed by atoms with Crippen LogP contribution in [0.4, 0.5) is 0 Å². The summed E-state index contributed by atoms with van der Waals surface area (Å²) < 4.78 is 14.0. The first kappa shape index (κ1) is 21.6. The molecular formula is C21H19ClN4O6. The van der Waals surface area contributed by atoms with Crippen LogP contribution in [-0.2, 0) is 43.2 Å². The number of aromatic nitrogens is 4. The van der Waals surface area contributed by atoms with Gasteiger partial charge in [-0.2, -0.15) is 0 Å². The highest BCUT2D eigenvalue weighted by atomic mass is 35.5. The Morgan fingerprint density at radius 1 is 1.16 bits per heavy atom. The van der Waals surface area contributed by atoms with Crippen molar-refractivity contribution in [3.05, 3.63) is 71.9 Å². The van der Waals surface area contributed by atoms with E-state index in [4.69, 9.17) is 20.8 Å². The van der Waals surface area contributed by atoms with Gasteiger partial charge in [0.2, 0.25) is 0 Å². The van der Waals surface area contributed by atoms with E-state index in [9.17, 15) is 19.2 Å². The van der Waals surface area contributed by atoms with Crippen molar-refractivity contribution in [3.8, 4) is 0 Å². The second-order valence-corrected chi connectivity index (χ2v) is 7.71. The van der Waals surface area contributed by atoms with Gasteiger partial charge in [-0.3, -0.25) is 14.2 Å². The molecule has 3 aromatic heterocycles. The van der Waals surface area contributed by atoms with Crippen LogP contribution < -0.4 is 16.9 Å². The first-order valence-corrected chi connectivity index (χ1v) is 10.1. The lowest BCUT2D eigenvalue weighted by molar-refractivity contribution is -0.145. The van der Waals surface area contributed by atoms with Crippen LogP contribution in [0.5, 0.6) is 0 Å². The maximum absolute atomic E-state index is 12.7. The molecule has 0 atom stereocenters. The summed E-state index contributed by atoms with van der Waals surface area (Å²) in [5, 5.41) is 1.03. The molecule has 0 bridgehead atoms. The number of halogens is 1. The van der Waals surface area contributed by atoms with Crippen molar-refractivity contribution < 1.29 is 13.9 Å². The Bertz CT molecular complexity index is 1560. The summed E-state index contributed by atoms with van der Waals surface area (Å²) in [6.45, 7) is 1.07. The van der Waals surface area contributed by atoms with Crippen LogP contribution in [0.3, 0.4) is 0 Å². The van der Waals surface area contributed by atoms with E-state index in [2.05, 4.69) is 4.98 Å². The van der Waals surface area contributed by atoms with Crippen molar-refractivity contribution in [1.82, 2.24) is 18.7 Å². The van der Waals surface area contributed by atoms with Crippen LogP contribution >= 0.6 is 11.6 Å². The quantitative estimate of drug-likeness (QED) is 0.328.